The number of nitrogens with one attached hydrogen (secondary N) is 1. The normalized spacial score (nSPS) is 11.3. The molecule has 1 amide bonds. The van der Waals surface area contributed by atoms with E-state index < -0.39 is 5.60 Å². The van der Waals surface area contributed by atoms with Crippen molar-refractivity contribution in [3.8, 4) is 0 Å². The summed E-state index contributed by atoms with van der Waals surface area (Å²) in [6, 6.07) is 4.00. The van der Waals surface area contributed by atoms with E-state index in [0.29, 0.717) is 11.1 Å². The predicted octanol–water partition coefficient (Wildman–Crippen LogP) is 2.59. The molecule has 0 radical (unpaired) electrons. The highest BCUT2D eigenvalue weighted by Crippen LogP contribution is 2.11. The monoisotopic (exact) mass is 225 g/mol. The second kappa shape index (κ2) is 4.61. The number of rotatable bonds is 2. The van der Waals surface area contributed by atoms with Crippen molar-refractivity contribution < 1.29 is 14.0 Å². The Kier molecular flexibility index (Phi) is 3.65. The summed E-state index contributed by atoms with van der Waals surface area (Å²) in [4.78, 5) is 16.8. The maximum atomic E-state index is 12.8. The van der Waals surface area contributed by atoms with Crippen LogP contribution in [0.4, 0.5) is 4.39 Å². The largest absolute Gasteiger partial charge is 0.275 e. The summed E-state index contributed by atoms with van der Waals surface area (Å²) < 4.78 is 12.8. The fourth-order valence-corrected chi connectivity index (χ4v) is 1.14. The zero-order chi connectivity index (χ0) is 12.3. The third-order valence-corrected chi connectivity index (χ3v) is 1.88. The Labute approximate surface area is 94.6 Å². The second-order valence-corrected chi connectivity index (χ2v) is 4.60. The van der Waals surface area contributed by atoms with Crippen molar-refractivity contribution in [3.63, 3.8) is 0 Å². The smallest absolute Gasteiger partial charge is 0.268 e. The SMILES string of the molecule is Cc1cc(F)ccc1C(=O)NOC(C)(C)C. The summed E-state index contributed by atoms with van der Waals surface area (Å²) in [5, 5.41) is 0. The lowest BCUT2D eigenvalue weighted by Crippen LogP contribution is -2.33. The molecule has 1 N–H and O–H groups in total. The van der Waals surface area contributed by atoms with Crippen LogP contribution in [-0.4, -0.2) is 11.5 Å². The van der Waals surface area contributed by atoms with Crippen molar-refractivity contribution in [3.05, 3.63) is 35.1 Å². The van der Waals surface area contributed by atoms with Gasteiger partial charge < -0.3 is 0 Å². The van der Waals surface area contributed by atoms with Crippen LogP contribution in [0.15, 0.2) is 18.2 Å². The lowest BCUT2D eigenvalue weighted by atomic mass is 10.1. The van der Waals surface area contributed by atoms with Gasteiger partial charge in [-0.15, -0.1) is 0 Å². The first-order valence-electron chi connectivity index (χ1n) is 5.04. The number of halogens is 1. The van der Waals surface area contributed by atoms with Crippen molar-refractivity contribution in [1.29, 1.82) is 0 Å². The maximum Gasteiger partial charge on any atom is 0.275 e. The van der Waals surface area contributed by atoms with Crippen LogP contribution in [-0.2, 0) is 4.84 Å². The van der Waals surface area contributed by atoms with Gasteiger partial charge in [0.25, 0.3) is 5.91 Å². The number of benzene rings is 1. The van der Waals surface area contributed by atoms with E-state index in [1.807, 2.05) is 20.8 Å². The number of amides is 1. The molecule has 0 saturated carbocycles. The molecule has 0 saturated heterocycles. The van der Waals surface area contributed by atoms with E-state index in [1.165, 1.54) is 18.2 Å². The fraction of sp³-hybridized carbons (Fsp3) is 0.417. The van der Waals surface area contributed by atoms with Crippen LogP contribution in [0.2, 0.25) is 0 Å². The molecular formula is C12H16FNO2. The van der Waals surface area contributed by atoms with Gasteiger partial charge >= 0.3 is 0 Å². The van der Waals surface area contributed by atoms with Gasteiger partial charge in [0.05, 0.1) is 5.60 Å². The summed E-state index contributed by atoms with van der Waals surface area (Å²) in [7, 11) is 0. The van der Waals surface area contributed by atoms with Gasteiger partial charge in [-0.25, -0.2) is 9.87 Å². The van der Waals surface area contributed by atoms with Gasteiger partial charge in [0, 0.05) is 5.56 Å². The van der Waals surface area contributed by atoms with Crippen molar-refractivity contribution in [1.82, 2.24) is 5.48 Å². The lowest BCUT2D eigenvalue weighted by Gasteiger charge is -2.19. The van der Waals surface area contributed by atoms with E-state index in [-0.39, 0.29) is 11.7 Å². The average molecular weight is 225 g/mol. The van der Waals surface area contributed by atoms with E-state index in [0.717, 1.165) is 0 Å². The van der Waals surface area contributed by atoms with Gasteiger partial charge in [-0.3, -0.25) is 9.63 Å². The number of hydroxylamine groups is 1. The number of hydrogen-bond donors (Lipinski definition) is 1. The molecule has 0 aromatic heterocycles. The minimum absolute atomic E-state index is 0.356. The molecule has 4 heteroatoms. The second-order valence-electron chi connectivity index (χ2n) is 4.60. The van der Waals surface area contributed by atoms with E-state index in [1.54, 1.807) is 6.92 Å². The minimum atomic E-state index is -0.455. The molecule has 3 nitrogen and oxygen atoms in total. The first-order chi connectivity index (χ1) is 7.29. The Hall–Kier alpha value is -1.42. The molecular weight excluding hydrogens is 209 g/mol. The molecule has 1 rings (SSSR count). The summed E-state index contributed by atoms with van der Waals surface area (Å²) in [6.45, 7) is 7.15. The summed E-state index contributed by atoms with van der Waals surface area (Å²) in [5.74, 6) is -0.724. The molecule has 0 aliphatic rings. The summed E-state index contributed by atoms with van der Waals surface area (Å²) in [6.07, 6.45) is 0. The fourth-order valence-electron chi connectivity index (χ4n) is 1.14. The molecule has 0 atom stereocenters. The van der Waals surface area contributed by atoms with E-state index >= 15 is 0 Å². The van der Waals surface area contributed by atoms with Crippen LogP contribution in [0.5, 0.6) is 0 Å². The molecule has 0 spiro atoms. The van der Waals surface area contributed by atoms with E-state index in [4.69, 9.17) is 4.84 Å². The number of carbonyl (C=O) groups is 1. The van der Waals surface area contributed by atoms with Crippen LogP contribution in [0.3, 0.4) is 0 Å². The number of aryl methyl sites for hydroxylation is 1. The van der Waals surface area contributed by atoms with Crippen molar-refractivity contribution in [2.45, 2.75) is 33.3 Å². The molecule has 0 aliphatic carbocycles. The van der Waals surface area contributed by atoms with Gasteiger partial charge in [-0.2, -0.15) is 0 Å². The van der Waals surface area contributed by atoms with Crippen molar-refractivity contribution in [2.75, 3.05) is 0 Å². The molecule has 1 aromatic rings. The molecule has 0 unspecified atom stereocenters. The minimum Gasteiger partial charge on any atom is -0.268 e. The highest BCUT2D eigenvalue weighted by atomic mass is 19.1. The van der Waals surface area contributed by atoms with E-state index in [2.05, 4.69) is 5.48 Å². The van der Waals surface area contributed by atoms with Crippen molar-refractivity contribution in [2.24, 2.45) is 0 Å². The predicted molar refractivity (Wildman–Crippen MR) is 59.4 cm³/mol. The Morgan fingerprint density at radius 1 is 1.38 bits per heavy atom. The molecule has 0 heterocycles. The molecule has 88 valence electrons. The summed E-state index contributed by atoms with van der Waals surface area (Å²) in [5.41, 5.74) is 2.87. The maximum absolute atomic E-state index is 12.8. The highest BCUT2D eigenvalue weighted by Gasteiger charge is 2.15. The zero-order valence-corrected chi connectivity index (χ0v) is 9.93. The Morgan fingerprint density at radius 2 is 2.00 bits per heavy atom. The first kappa shape index (κ1) is 12.6. The topological polar surface area (TPSA) is 38.3 Å². The molecule has 1 aromatic carbocycles. The van der Waals surface area contributed by atoms with Gasteiger partial charge in [0.1, 0.15) is 5.82 Å². The number of hydrogen-bond acceptors (Lipinski definition) is 2. The zero-order valence-electron chi connectivity index (χ0n) is 9.93. The van der Waals surface area contributed by atoms with Crippen molar-refractivity contribution >= 4 is 5.91 Å². The lowest BCUT2D eigenvalue weighted by molar-refractivity contribution is -0.0590. The third-order valence-electron chi connectivity index (χ3n) is 1.88. The van der Waals surface area contributed by atoms with Crippen LogP contribution >= 0.6 is 0 Å². The highest BCUT2D eigenvalue weighted by molar-refractivity contribution is 5.94. The molecule has 0 aliphatic heterocycles. The van der Waals surface area contributed by atoms with Gasteiger partial charge in [0.2, 0.25) is 0 Å². The summed E-state index contributed by atoms with van der Waals surface area (Å²) >= 11 is 0. The Morgan fingerprint density at radius 3 is 2.50 bits per heavy atom. The van der Waals surface area contributed by atoms with Crippen LogP contribution in [0, 0.1) is 12.7 Å². The van der Waals surface area contributed by atoms with Crippen LogP contribution in [0.1, 0.15) is 36.7 Å². The van der Waals surface area contributed by atoms with Crippen LogP contribution < -0.4 is 5.48 Å². The van der Waals surface area contributed by atoms with Crippen LogP contribution in [0.25, 0.3) is 0 Å². The molecule has 0 bridgehead atoms. The first-order valence-corrected chi connectivity index (χ1v) is 5.04. The molecule has 16 heavy (non-hydrogen) atoms. The Bertz CT molecular complexity index is 396. The van der Waals surface area contributed by atoms with Gasteiger partial charge in [-0.1, -0.05) is 0 Å². The average Bonchev–Trinajstić information content (AvgIpc) is 2.13. The number of carbonyl (C=O) groups excluding carboxylic acids is 1. The Balaban J connectivity index is 2.74. The standard InChI is InChI=1S/C12H16FNO2/c1-8-7-9(13)5-6-10(8)11(15)14-16-12(2,3)4/h5-7H,1-4H3,(H,14,15). The van der Waals surface area contributed by atoms with Gasteiger partial charge in [0.15, 0.2) is 0 Å². The van der Waals surface area contributed by atoms with Gasteiger partial charge in [-0.05, 0) is 51.5 Å². The quantitative estimate of drug-likeness (QED) is 0.786. The third kappa shape index (κ3) is 3.62. The van der Waals surface area contributed by atoms with E-state index in [9.17, 15) is 9.18 Å². The molecule has 0 fully saturated rings.